The number of oxazole rings is 1. The first-order chi connectivity index (χ1) is 24.4. The molecule has 0 radical (unpaired) electrons. The Morgan fingerprint density at radius 2 is 1.66 bits per heavy atom. The zero-order chi connectivity index (χ0) is 34.2. The van der Waals surface area contributed by atoms with Crippen molar-refractivity contribution in [2.75, 3.05) is 31.5 Å². The Morgan fingerprint density at radius 3 is 2.46 bits per heavy atom. The van der Waals surface area contributed by atoms with Crippen molar-refractivity contribution in [3.05, 3.63) is 101 Å². The molecule has 1 atom stereocenters. The fourth-order valence-corrected chi connectivity index (χ4v) is 7.60. The lowest BCUT2D eigenvalue weighted by molar-refractivity contribution is 0.175. The molecule has 0 aliphatic carbocycles. The van der Waals surface area contributed by atoms with Crippen molar-refractivity contribution >= 4 is 33.5 Å². The molecule has 2 N–H and O–H groups in total. The fourth-order valence-electron chi connectivity index (χ4n) is 7.60. The maximum Gasteiger partial charge on any atom is 0.227 e. The number of hydrogen-bond acceptors (Lipinski definition) is 9. The van der Waals surface area contributed by atoms with Crippen molar-refractivity contribution in [3.63, 3.8) is 0 Å². The summed E-state index contributed by atoms with van der Waals surface area (Å²) in [5.41, 5.74) is 11.0. The smallest absolute Gasteiger partial charge is 0.227 e. The van der Waals surface area contributed by atoms with E-state index in [1.807, 2.05) is 36.7 Å². The van der Waals surface area contributed by atoms with Crippen molar-refractivity contribution in [2.24, 2.45) is 0 Å². The Balaban J connectivity index is 1.08. The molecule has 2 aliphatic heterocycles. The minimum Gasteiger partial charge on any atom is -0.435 e. The molecule has 0 saturated carbocycles. The van der Waals surface area contributed by atoms with Crippen molar-refractivity contribution in [1.29, 1.82) is 5.26 Å². The molecule has 0 amide bonds. The average Bonchev–Trinajstić information content (AvgIpc) is 3.75. The molecule has 3 aromatic heterocycles. The highest BCUT2D eigenvalue weighted by Gasteiger charge is 2.21. The van der Waals surface area contributed by atoms with E-state index in [-0.39, 0.29) is 6.10 Å². The van der Waals surface area contributed by atoms with Gasteiger partial charge in [0.25, 0.3) is 0 Å². The molecule has 1 unspecified atom stereocenters. The summed E-state index contributed by atoms with van der Waals surface area (Å²) in [6.45, 7) is 9.60. The van der Waals surface area contributed by atoms with E-state index in [1.54, 1.807) is 0 Å². The fraction of sp³-hybridized carbons (Fsp3) is 0.317. The second-order valence-corrected chi connectivity index (χ2v) is 13.8. The maximum atomic E-state index is 10.0. The number of nitrogens with one attached hydrogen (secondary N) is 1. The highest BCUT2D eigenvalue weighted by Crippen LogP contribution is 2.38. The number of aliphatic hydroxyl groups excluding tert-OH is 1. The van der Waals surface area contributed by atoms with Crippen LogP contribution in [0.5, 0.6) is 0 Å². The highest BCUT2D eigenvalue weighted by molar-refractivity contribution is 5.91. The molecule has 3 aromatic carbocycles. The summed E-state index contributed by atoms with van der Waals surface area (Å²) in [5, 5.41) is 24.5. The topological polar surface area (TPSA) is 114 Å². The average molecular weight is 664 g/mol. The number of hydrogen-bond donors (Lipinski definition) is 2. The first-order valence-electron chi connectivity index (χ1n) is 17.6. The predicted molar refractivity (Wildman–Crippen MR) is 197 cm³/mol. The quantitative estimate of drug-likeness (QED) is 0.168. The Labute approximate surface area is 292 Å². The van der Waals surface area contributed by atoms with Gasteiger partial charge in [0.05, 0.1) is 11.7 Å². The molecule has 9 nitrogen and oxygen atoms in total. The van der Waals surface area contributed by atoms with Crippen LogP contribution < -0.4 is 5.32 Å². The second-order valence-electron chi connectivity index (χ2n) is 13.8. The number of aromatic nitrogens is 3. The zero-order valence-corrected chi connectivity index (χ0v) is 28.6. The van der Waals surface area contributed by atoms with Gasteiger partial charge in [0.1, 0.15) is 17.1 Å². The summed E-state index contributed by atoms with van der Waals surface area (Å²) in [6.07, 6.45) is 8.05. The lowest BCUT2D eigenvalue weighted by atomic mass is 9.93. The molecular formula is C41H41N7O2. The van der Waals surface area contributed by atoms with Gasteiger partial charge in [-0.15, -0.1) is 0 Å². The van der Waals surface area contributed by atoms with Gasteiger partial charge >= 0.3 is 0 Å². The van der Waals surface area contributed by atoms with Crippen molar-refractivity contribution in [3.8, 4) is 28.7 Å². The van der Waals surface area contributed by atoms with E-state index in [0.29, 0.717) is 29.4 Å². The number of aliphatic hydroxyl groups is 1. The Hall–Kier alpha value is -5.14. The van der Waals surface area contributed by atoms with Crippen LogP contribution >= 0.6 is 0 Å². The number of pyridine rings is 2. The number of likely N-dealkylation sites (tertiary alicyclic amines) is 2. The van der Waals surface area contributed by atoms with Gasteiger partial charge in [-0.3, -0.25) is 14.8 Å². The van der Waals surface area contributed by atoms with E-state index in [0.717, 1.165) is 100 Å². The van der Waals surface area contributed by atoms with E-state index in [4.69, 9.17) is 14.4 Å². The Kier molecular flexibility index (Phi) is 8.75. The van der Waals surface area contributed by atoms with Gasteiger partial charge in [-0.25, -0.2) is 9.97 Å². The van der Waals surface area contributed by atoms with E-state index in [1.165, 1.54) is 19.3 Å². The molecule has 2 aliphatic rings. The number of nitrogens with zero attached hydrogens (tertiary/aromatic N) is 6. The van der Waals surface area contributed by atoms with Gasteiger partial charge in [-0.1, -0.05) is 30.7 Å². The summed E-state index contributed by atoms with van der Waals surface area (Å²) >= 11 is 0. The van der Waals surface area contributed by atoms with Gasteiger partial charge in [-0.2, -0.15) is 5.26 Å². The number of nitriles is 1. The highest BCUT2D eigenvalue weighted by atomic mass is 16.3. The molecule has 2 fully saturated rings. The van der Waals surface area contributed by atoms with Crippen LogP contribution in [0.1, 0.15) is 53.5 Å². The second kappa shape index (κ2) is 13.6. The van der Waals surface area contributed by atoms with E-state index in [2.05, 4.69) is 76.4 Å². The van der Waals surface area contributed by atoms with Crippen LogP contribution in [0.15, 0.2) is 77.5 Å². The van der Waals surface area contributed by atoms with Crippen LogP contribution in [-0.4, -0.2) is 62.1 Å². The van der Waals surface area contributed by atoms with Gasteiger partial charge in [0.2, 0.25) is 5.89 Å². The van der Waals surface area contributed by atoms with Crippen LogP contribution in [0.4, 0.5) is 11.5 Å². The van der Waals surface area contributed by atoms with Crippen LogP contribution in [0.2, 0.25) is 0 Å². The largest absolute Gasteiger partial charge is 0.435 e. The van der Waals surface area contributed by atoms with Crippen LogP contribution in [0.25, 0.3) is 44.6 Å². The molecule has 6 aromatic rings. The number of piperidine rings is 1. The minimum absolute atomic E-state index is 0.240. The summed E-state index contributed by atoms with van der Waals surface area (Å²) in [4.78, 5) is 19.1. The molecule has 5 heterocycles. The van der Waals surface area contributed by atoms with Crippen LogP contribution in [0.3, 0.4) is 0 Å². The molecule has 9 heteroatoms. The van der Waals surface area contributed by atoms with Crippen LogP contribution in [0, 0.1) is 25.2 Å². The lowest BCUT2D eigenvalue weighted by Crippen LogP contribution is -2.29. The third kappa shape index (κ3) is 6.34. The normalized spacial score (nSPS) is 17.0. The van der Waals surface area contributed by atoms with Gasteiger partial charge in [-0.05, 0) is 116 Å². The summed E-state index contributed by atoms with van der Waals surface area (Å²) in [6, 6.07) is 23.0. The summed E-state index contributed by atoms with van der Waals surface area (Å²) in [7, 11) is 0. The Morgan fingerprint density at radius 1 is 0.880 bits per heavy atom. The van der Waals surface area contributed by atoms with Crippen molar-refractivity contribution in [2.45, 2.75) is 58.7 Å². The van der Waals surface area contributed by atoms with Crippen molar-refractivity contribution < 1.29 is 9.52 Å². The summed E-state index contributed by atoms with van der Waals surface area (Å²) in [5.74, 6) is 1.22. The van der Waals surface area contributed by atoms with Gasteiger partial charge in [0.15, 0.2) is 11.4 Å². The molecule has 252 valence electrons. The lowest BCUT2D eigenvalue weighted by Gasteiger charge is -2.26. The SMILES string of the molecule is Cc1c(Nc2nccc3cc(CN4CCC(O)C4)cnc23)cccc1-c1cccc(-c2nc3cc(CN4CCCCC4)cc(C#N)c3o2)c1C. The maximum absolute atomic E-state index is 10.0. The molecule has 0 bridgehead atoms. The Bertz CT molecular complexity index is 2250. The monoisotopic (exact) mass is 663 g/mol. The van der Waals surface area contributed by atoms with E-state index < -0.39 is 0 Å². The molecular weight excluding hydrogens is 622 g/mol. The number of anilines is 2. The molecule has 2 saturated heterocycles. The predicted octanol–water partition coefficient (Wildman–Crippen LogP) is 7.89. The summed E-state index contributed by atoms with van der Waals surface area (Å²) < 4.78 is 6.33. The van der Waals surface area contributed by atoms with Crippen molar-refractivity contribution in [1.82, 2.24) is 24.8 Å². The van der Waals surface area contributed by atoms with Gasteiger partial charge in [0, 0.05) is 55.2 Å². The third-order valence-electron chi connectivity index (χ3n) is 10.3. The number of benzene rings is 3. The van der Waals surface area contributed by atoms with Crippen LogP contribution in [-0.2, 0) is 13.1 Å². The zero-order valence-electron chi connectivity index (χ0n) is 28.6. The van der Waals surface area contributed by atoms with E-state index >= 15 is 0 Å². The number of rotatable bonds is 8. The van der Waals surface area contributed by atoms with E-state index in [9.17, 15) is 10.4 Å². The minimum atomic E-state index is -0.240. The molecule has 8 rings (SSSR count). The number of fused-ring (bicyclic) bond motifs is 2. The molecule has 50 heavy (non-hydrogen) atoms. The first-order valence-corrected chi connectivity index (χ1v) is 17.6. The standard InChI is InChI=1S/C41H41N7O2/c1-26-33(8-6-10-35(26)41-46-37-20-28(18-31(21-42)39(37)50-41)23-47-15-4-3-5-16-47)34-9-7-11-36(27(34)2)45-40-38-30(12-14-43-40)19-29(22-44-38)24-48-17-13-32(49)25-48/h6-12,14,18-20,22,32,49H,3-5,13,15-17,23-25H2,1-2H3,(H,43,45). The number of β-amino-alcohol motifs (C(OH)–C–C–N with tert-alkyl or cyclic N) is 1. The first kappa shape index (κ1) is 32.1. The molecule has 0 spiro atoms. The van der Waals surface area contributed by atoms with Gasteiger partial charge < -0.3 is 14.8 Å². The third-order valence-corrected chi connectivity index (χ3v) is 10.3.